The van der Waals surface area contributed by atoms with Gasteiger partial charge in [-0.2, -0.15) is 0 Å². The number of nitrogens with zero attached hydrogens (tertiary/aromatic N) is 1. The van der Waals surface area contributed by atoms with Crippen LogP contribution in [0.25, 0.3) is 10.9 Å². The Morgan fingerprint density at radius 2 is 2.19 bits per heavy atom. The molecule has 1 aromatic heterocycles. The first kappa shape index (κ1) is 11.2. The van der Waals surface area contributed by atoms with E-state index in [0.29, 0.717) is 0 Å². The summed E-state index contributed by atoms with van der Waals surface area (Å²) in [7, 11) is 0. The largest absolute Gasteiger partial charge is 0.256 e. The van der Waals surface area contributed by atoms with E-state index in [2.05, 4.69) is 17.6 Å². The van der Waals surface area contributed by atoms with Crippen molar-refractivity contribution in [2.45, 2.75) is 19.3 Å². The summed E-state index contributed by atoms with van der Waals surface area (Å²) in [5, 5.41) is 1.94. The van der Waals surface area contributed by atoms with E-state index < -0.39 is 0 Å². The molecule has 0 radical (unpaired) electrons. The molecule has 0 fully saturated rings. The third-order valence-electron chi connectivity index (χ3n) is 2.65. The first-order chi connectivity index (χ1) is 7.81. The van der Waals surface area contributed by atoms with Gasteiger partial charge in [-0.1, -0.05) is 23.7 Å². The maximum atomic E-state index is 5.94. The van der Waals surface area contributed by atoms with Crippen LogP contribution in [0.15, 0.2) is 43.1 Å². The lowest BCUT2D eigenvalue weighted by atomic mass is 10.0. The minimum absolute atomic E-state index is 0.739. The number of allylic oxidation sites excluding steroid dienone is 1. The Kier molecular flexibility index (Phi) is 3.58. The summed E-state index contributed by atoms with van der Waals surface area (Å²) in [5.74, 6) is 0. The summed E-state index contributed by atoms with van der Waals surface area (Å²) in [4.78, 5) is 4.33. The highest BCUT2D eigenvalue weighted by Gasteiger charge is 2.01. The third-order valence-corrected chi connectivity index (χ3v) is 2.88. The van der Waals surface area contributed by atoms with Gasteiger partial charge in [0, 0.05) is 16.6 Å². The summed E-state index contributed by atoms with van der Waals surface area (Å²) >= 11 is 5.94. The fourth-order valence-electron chi connectivity index (χ4n) is 1.84. The summed E-state index contributed by atoms with van der Waals surface area (Å²) in [6, 6.07) is 7.96. The number of aryl methyl sites for hydroxylation is 1. The number of hydrogen-bond donors (Lipinski definition) is 0. The Morgan fingerprint density at radius 3 is 3.00 bits per heavy atom. The van der Waals surface area contributed by atoms with Crippen LogP contribution in [0.1, 0.15) is 18.4 Å². The average Bonchev–Trinajstić information content (AvgIpc) is 2.29. The lowest BCUT2D eigenvalue weighted by Crippen LogP contribution is -1.89. The van der Waals surface area contributed by atoms with Crippen LogP contribution < -0.4 is 0 Å². The zero-order valence-electron chi connectivity index (χ0n) is 9.12. The first-order valence-corrected chi connectivity index (χ1v) is 5.83. The van der Waals surface area contributed by atoms with Crippen molar-refractivity contribution < 1.29 is 0 Å². The van der Waals surface area contributed by atoms with Gasteiger partial charge in [-0.15, -0.1) is 6.58 Å². The van der Waals surface area contributed by atoms with Gasteiger partial charge in [-0.05, 0) is 43.0 Å². The van der Waals surface area contributed by atoms with E-state index in [1.165, 1.54) is 10.9 Å². The zero-order valence-corrected chi connectivity index (χ0v) is 9.87. The number of hydrogen-bond acceptors (Lipinski definition) is 1. The van der Waals surface area contributed by atoms with Crippen LogP contribution in [0.3, 0.4) is 0 Å². The molecule has 0 unspecified atom stereocenters. The van der Waals surface area contributed by atoms with Gasteiger partial charge in [0.05, 0.1) is 5.52 Å². The molecule has 0 amide bonds. The Balaban J connectivity index is 2.34. The fraction of sp³-hybridized carbons (Fsp3) is 0.214. The van der Waals surface area contributed by atoms with E-state index in [4.69, 9.17) is 11.6 Å². The van der Waals surface area contributed by atoms with Gasteiger partial charge in [0.25, 0.3) is 0 Å². The van der Waals surface area contributed by atoms with Crippen LogP contribution in [-0.2, 0) is 6.42 Å². The molecule has 1 aromatic carbocycles. The molecule has 0 saturated heterocycles. The number of benzene rings is 1. The molecular weight excluding hydrogens is 218 g/mol. The van der Waals surface area contributed by atoms with Crippen LogP contribution in [0.5, 0.6) is 0 Å². The minimum Gasteiger partial charge on any atom is -0.256 e. The molecule has 2 rings (SSSR count). The van der Waals surface area contributed by atoms with Gasteiger partial charge >= 0.3 is 0 Å². The Labute approximate surface area is 101 Å². The second-order valence-electron chi connectivity index (χ2n) is 3.81. The molecule has 0 bridgehead atoms. The van der Waals surface area contributed by atoms with Crippen LogP contribution in [0, 0.1) is 0 Å². The second kappa shape index (κ2) is 5.13. The molecule has 0 saturated carbocycles. The van der Waals surface area contributed by atoms with Gasteiger partial charge in [0.2, 0.25) is 0 Å². The van der Waals surface area contributed by atoms with Crippen molar-refractivity contribution in [3.8, 4) is 0 Å². The predicted molar refractivity (Wildman–Crippen MR) is 69.9 cm³/mol. The third kappa shape index (κ3) is 2.42. The Bertz CT molecular complexity index is 505. The molecule has 0 aliphatic heterocycles. The molecular formula is C14H14ClN. The molecule has 2 heteroatoms. The normalized spacial score (nSPS) is 10.6. The van der Waals surface area contributed by atoms with Gasteiger partial charge in [-0.25, -0.2) is 0 Å². The lowest BCUT2D eigenvalue weighted by molar-refractivity contribution is 0.848. The topological polar surface area (TPSA) is 12.9 Å². The molecule has 0 aliphatic carbocycles. The van der Waals surface area contributed by atoms with Crippen LogP contribution in [0.2, 0.25) is 5.02 Å². The monoisotopic (exact) mass is 231 g/mol. The molecule has 0 N–H and O–H groups in total. The van der Waals surface area contributed by atoms with E-state index in [1.54, 1.807) is 0 Å². The molecule has 2 aromatic rings. The molecule has 0 spiro atoms. The number of aromatic nitrogens is 1. The maximum Gasteiger partial charge on any atom is 0.0719 e. The summed E-state index contributed by atoms with van der Waals surface area (Å²) < 4.78 is 0. The van der Waals surface area contributed by atoms with Crippen molar-refractivity contribution >= 4 is 22.5 Å². The van der Waals surface area contributed by atoms with Gasteiger partial charge in [-0.3, -0.25) is 4.98 Å². The lowest BCUT2D eigenvalue weighted by Gasteiger charge is -2.05. The van der Waals surface area contributed by atoms with Crippen molar-refractivity contribution in [1.29, 1.82) is 0 Å². The zero-order chi connectivity index (χ0) is 11.4. The van der Waals surface area contributed by atoms with Crippen LogP contribution in [-0.4, -0.2) is 4.98 Å². The highest BCUT2D eigenvalue weighted by Crippen LogP contribution is 2.21. The molecule has 1 heterocycles. The number of halogens is 1. The van der Waals surface area contributed by atoms with Crippen molar-refractivity contribution in [3.05, 3.63) is 53.7 Å². The Morgan fingerprint density at radius 1 is 1.31 bits per heavy atom. The number of rotatable bonds is 4. The van der Waals surface area contributed by atoms with E-state index >= 15 is 0 Å². The van der Waals surface area contributed by atoms with E-state index in [-0.39, 0.29) is 0 Å². The Hall–Kier alpha value is -1.34. The predicted octanol–water partition coefficient (Wildman–Crippen LogP) is 4.40. The quantitative estimate of drug-likeness (QED) is 0.562. The van der Waals surface area contributed by atoms with Crippen molar-refractivity contribution in [3.63, 3.8) is 0 Å². The first-order valence-electron chi connectivity index (χ1n) is 5.45. The van der Waals surface area contributed by atoms with Crippen LogP contribution in [0.4, 0.5) is 0 Å². The highest BCUT2D eigenvalue weighted by atomic mass is 35.5. The van der Waals surface area contributed by atoms with Crippen molar-refractivity contribution in [2.75, 3.05) is 0 Å². The van der Waals surface area contributed by atoms with Gasteiger partial charge in [0.15, 0.2) is 0 Å². The van der Waals surface area contributed by atoms with E-state index in [9.17, 15) is 0 Å². The average molecular weight is 232 g/mol. The molecule has 0 aliphatic rings. The van der Waals surface area contributed by atoms with Crippen molar-refractivity contribution in [1.82, 2.24) is 4.98 Å². The number of fused-ring (bicyclic) bond motifs is 1. The molecule has 1 nitrogen and oxygen atoms in total. The van der Waals surface area contributed by atoms with Crippen molar-refractivity contribution in [2.24, 2.45) is 0 Å². The number of pyridine rings is 1. The summed E-state index contributed by atoms with van der Waals surface area (Å²) in [6.07, 6.45) is 7.05. The molecule has 82 valence electrons. The summed E-state index contributed by atoms with van der Waals surface area (Å²) in [5.41, 5.74) is 2.31. The maximum absolute atomic E-state index is 5.94. The van der Waals surface area contributed by atoms with Gasteiger partial charge < -0.3 is 0 Å². The smallest absolute Gasteiger partial charge is 0.0719 e. The minimum atomic E-state index is 0.739. The second-order valence-corrected chi connectivity index (χ2v) is 4.25. The standard InChI is InChI=1S/C14H14ClN/c1-2-3-4-5-11-8-9-16-14-10-12(15)6-7-13(11)14/h2,6-10H,1,3-5H2. The van der Waals surface area contributed by atoms with E-state index in [1.807, 2.05) is 30.5 Å². The highest BCUT2D eigenvalue weighted by molar-refractivity contribution is 6.31. The fourth-order valence-corrected chi connectivity index (χ4v) is 2.00. The van der Waals surface area contributed by atoms with E-state index in [0.717, 1.165) is 29.8 Å². The summed E-state index contributed by atoms with van der Waals surface area (Å²) in [6.45, 7) is 3.74. The van der Waals surface area contributed by atoms with Gasteiger partial charge in [0.1, 0.15) is 0 Å². The molecule has 16 heavy (non-hydrogen) atoms. The van der Waals surface area contributed by atoms with Crippen LogP contribution >= 0.6 is 11.6 Å². The number of unbranched alkanes of at least 4 members (excludes halogenated alkanes) is 1. The molecule has 0 atom stereocenters. The SMILES string of the molecule is C=CCCCc1ccnc2cc(Cl)ccc12.